The number of carbonyl (C=O) groups is 1. The number of aliphatic hydroxyl groups is 1. The maximum absolute atomic E-state index is 11.2. The molecule has 0 atom stereocenters. The van der Waals surface area contributed by atoms with Crippen LogP contribution in [0.1, 0.15) is 72.8 Å². The summed E-state index contributed by atoms with van der Waals surface area (Å²) < 4.78 is 0. The number of hydrogen-bond acceptors (Lipinski definition) is 2. The van der Waals surface area contributed by atoms with Gasteiger partial charge in [-0.2, -0.15) is 0 Å². The third-order valence-corrected chi connectivity index (χ3v) is 3.02. The fourth-order valence-electron chi connectivity index (χ4n) is 1.40. The Hall–Kier alpha value is -1.15. The van der Waals surface area contributed by atoms with E-state index < -0.39 is 6.61 Å². The Bertz CT molecular complexity index is 337. The van der Waals surface area contributed by atoms with Crippen LogP contribution in [-0.2, 0) is 5.41 Å². The lowest BCUT2D eigenvalue weighted by molar-refractivity contribution is 0.0903. The molecule has 0 aliphatic heterocycles. The van der Waals surface area contributed by atoms with Gasteiger partial charge in [-0.05, 0) is 17.4 Å². The van der Waals surface area contributed by atoms with Crippen LogP contribution in [0.2, 0.25) is 0 Å². The lowest BCUT2D eigenvalue weighted by atomic mass is 9.82. The fourth-order valence-corrected chi connectivity index (χ4v) is 1.40. The molecule has 0 aliphatic rings. The third-order valence-electron chi connectivity index (χ3n) is 3.02. The molecular weight excluding hydrogens is 236 g/mol. The van der Waals surface area contributed by atoms with Crippen LogP contribution in [0.15, 0.2) is 24.3 Å². The van der Waals surface area contributed by atoms with Crippen molar-refractivity contribution in [3.63, 3.8) is 0 Å². The quantitative estimate of drug-likeness (QED) is 0.773. The number of benzene rings is 1. The van der Waals surface area contributed by atoms with Crippen molar-refractivity contribution in [2.45, 2.75) is 62.3 Å². The molecule has 0 fully saturated rings. The van der Waals surface area contributed by atoms with E-state index in [1.165, 1.54) is 5.56 Å². The van der Waals surface area contributed by atoms with Crippen molar-refractivity contribution in [3.8, 4) is 0 Å². The first-order valence-corrected chi connectivity index (χ1v) is 5.26. The maximum atomic E-state index is 11.2. The highest BCUT2D eigenvalue weighted by atomic mass is 16.3. The molecule has 0 radical (unpaired) electrons. The molecule has 1 rings (SSSR count). The Kier molecular flexibility index (Phi) is 14.9. The van der Waals surface area contributed by atoms with Crippen molar-refractivity contribution in [1.29, 1.82) is 0 Å². The van der Waals surface area contributed by atoms with E-state index in [9.17, 15) is 4.79 Å². The van der Waals surface area contributed by atoms with Crippen LogP contribution in [-0.4, -0.2) is 17.5 Å². The molecule has 0 saturated heterocycles. The molecule has 0 aromatic heterocycles. The number of hydrogen-bond donors (Lipinski definition) is 1. The fraction of sp³-hybridized carbons (Fsp3) is 0.588. The average Bonchev–Trinajstić information content (AvgIpc) is 2.28. The van der Waals surface area contributed by atoms with Gasteiger partial charge in [-0.25, -0.2) is 0 Å². The SMILES string of the molecule is C.C.C.C.CCC(C)(C)c1ccc(C(=O)CO)cc1. The summed E-state index contributed by atoms with van der Waals surface area (Å²) in [5.41, 5.74) is 1.94. The summed E-state index contributed by atoms with van der Waals surface area (Å²) in [7, 11) is 0. The van der Waals surface area contributed by atoms with Crippen LogP contribution in [0.25, 0.3) is 0 Å². The molecule has 1 aromatic carbocycles. The molecule has 1 N–H and O–H groups in total. The minimum absolute atomic E-state index is 0. The smallest absolute Gasteiger partial charge is 0.188 e. The summed E-state index contributed by atoms with van der Waals surface area (Å²) in [4.78, 5) is 11.2. The molecule has 0 spiro atoms. The molecule has 114 valence electrons. The van der Waals surface area contributed by atoms with Crippen LogP contribution in [0.5, 0.6) is 0 Å². The summed E-state index contributed by atoms with van der Waals surface area (Å²) in [6.45, 7) is 6.08. The van der Waals surface area contributed by atoms with Gasteiger partial charge in [-0.15, -0.1) is 0 Å². The number of rotatable bonds is 4. The highest BCUT2D eigenvalue weighted by Gasteiger charge is 2.17. The van der Waals surface area contributed by atoms with E-state index in [0.29, 0.717) is 5.56 Å². The van der Waals surface area contributed by atoms with E-state index in [-0.39, 0.29) is 40.9 Å². The Morgan fingerprint density at radius 1 is 1.05 bits per heavy atom. The van der Waals surface area contributed by atoms with Crippen molar-refractivity contribution in [1.82, 2.24) is 0 Å². The molecule has 2 heteroatoms. The van der Waals surface area contributed by atoms with E-state index in [2.05, 4.69) is 20.8 Å². The van der Waals surface area contributed by atoms with Crippen molar-refractivity contribution in [2.24, 2.45) is 0 Å². The molecule has 2 nitrogen and oxygen atoms in total. The first-order chi connectivity index (χ1) is 7.01. The predicted octanol–water partition coefficient (Wildman–Crippen LogP) is 5.09. The van der Waals surface area contributed by atoms with Gasteiger partial charge in [0.05, 0.1) is 0 Å². The number of carbonyl (C=O) groups excluding carboxylic acids is 1. The monoisotopic (exact) mass is 270 g/mol. The molecule has 1 aromatic rings. The zero-order valence-corrected chi connectivity index (χ0v) is 9.58. The topological polar surface area (TPSA) is 37.3 Å². The lowest BCUT2D eigenvalue weighted by Gasteiger charge is -2.23. The summed E-state index contributed by atoms with van der Waals surface area (Å²) in [5.74, 6) is -0.226. The summed E-state index contributed by atoms with van der Waals surface area (Å²) in [6, 6.07) is 7.50. The average molecular weight is 270 g/mol. The highest BCUT2D eigenvalue weighted by molar-refractivity contribution is 5.96. The second-order valence-electron chi connectivity index (χ2n) is 4.40. The van der Waals surface area contributed by atoms with Crippen LogP contribution in [0.3, 0.4) is 0 Å². The van der Waals surface area contributed by atoms with Gasteiger partial charge in [0.25, 0.3) is 0 Å². The van der Waals surface area contributed by atoms with Crippen molar-refractivity contribution >= 4 is 5.78 Å². The first kappa shape index (κ1) is 26.4. The Morgan fingerprint density at radius 2 is 1.47 bits per heavy atom. The zero-order valence-electron chi connectivity index (χ0n) is 9.58. The zero-order chi connectivity index (χ0) is 11.5. The predicted molar refractivity (Wildman–Crippen MR) is 88.1 cm³/mol. The van der Waals surface area contributed by atoms with Crippen LogP contribution >= 0.6 is 0 Å². The van der Waals surface area contributed by atoms with E-state index in [1.807, 2.05) is 12.1 Å². The standard InChI is InChI=1S/C13H18O2.4CH4/c1-4-13(2,3)11-7-5-10(6-8-11)12(15)9-14;;;;/h5-8,14H,4,9H2,1-3H3;4*1H4. The van der Waals surface area contributed by atoms with Gasteiger partial charge in [-0.1, -0.05) is 74.7 Å². The highest BCUT2D eigenvalue weighted by Crippen LogP contribution is 2.26. The van der Waals surface area contributed by atoms with E-state index >= 15 is 0 Å². The normalized spacial score (nSPS) is 9.05. The Labute approximate surface area is 120 Å². The molecule has 0 heterocycles. The first-order valence-electron chi connectivity index (χ1n) is 5.26. The number of Topliss-reactive ketones (excluding diaryl/α,β-unsaturated/α-hetero) is 1. The molecule has 0 unspecified atom stereocenters. The summed E-state index contributed by atoms with van der Waals surface area (Å²) in [5, 5.41) is 8.71. The van der Waals surface area contributed by atoms with Gasteiger partial charge < -0.3 is 5.11 Å². The Balaban J connectivity index is -0.000000281. The number of ketones is 1. The molecule has 0 aliphatic carbocycles. The van der Waals surface area contributed by atoms with E-state index in [0.717, 1.165) is 6.42 Å². The minimum Gasteiger partial charge on any atom is -0.388 e. The third kappa shape index (κ3) is 6.53. The summed E-state index contributed by atoms with van der Waals surface area (Å²) in [6.07, 6.45) is 1.06. The van der Waals surface area contributed by atoms with Crippen LogP contribution in [0, 0.1) is 0 Å². The van der Waals surface area contributed by atoms with Gasteiger partial charge in [-0.3, -0.25) is 4.79 Å². The molecule has 0 amide bonds. The lowest BCUT2D eigenvalue weighted by Crippen LogP contribution is -2.15. The van der Waals surface area contributed by atoms with Gasteiger partial charge in [0.2, 0.25) is 0 Å². The second kappa shape index (κ2) is 10.7. The minimum atomic E-state index is -0.420. The molecule has 0 bridgehead atoms. The van der Waals surface area contributed by atoms with Gasteiger partial charge >= 0.3 is 0 Å². The van der Waals surface area contributed by atoms with E-state index in [4.69, 9.17) is 5.11 Å². The van der Waals surface area contributed by atoms with Crippen molar-refractivity contribution in [2.75, 3.05) is 6.61 Å². The van der Waals surface area contributed by atoms with Crippen LogP contribution in [0.4, 0.5) is 0 Å². The number of aliphatic hydroxyl groups excluding tert-OH is 1. The van der Waals surface area contributed by atoms with Gasteiger partial charge in [0.1, 0.15) is 6.61 Å². The molecule has 19 heavy (non-hydrogen) atoms. The van der Waals surface area contributed by atoms with Gasteiger partial charge in [0, 0.05) is 5.56 Å². The maximum Gasteiger partial charge on any atom is 0.188 e. The van der Waals surface area contributed by atoms with Crippen molar-refractivity contribution < 1.29 is 9.90 Å². The molecular formula is C17H34O2. The van der Waals surface area contributed by atoms with Crippen LogP contribution < -0.4 is 0 Å². The van der Waals surface area contributed by atoms with E-state index in [1.54, 1.807) is 12.1 Å². The van der Waals surface area contributed by atoms with Gasteiger partial charge in [0.15, 0.2) is 5.78 Å². The Morgan fingerprint density at radius 3 is 1.79 bits per heavy atom. The summed E-state index contributed by atoms with van der Waals surface area (Å²) >= 11 is 0. The van der Waals surface area contributed by atoms with Crippen molar-refractivity contribution in [3.05, 3.63) is 35.4 Å². The second-order valence-corrected chi connectivity index (χ2v) is 4.40. The molecule has 0 saturated carbocycles. The largest absolute Gasteiger partial charge is 0.388 e.